The smallest absolute Gasteiger partial charge is 0.341 e. The molecule has 1 heterocycles. The summed E-state index contributed by atoms with van der Waals surface area (Å²) in [5.41, 5.74) is -1.79. The number of carboxylic acids is 1. The molecular weight excluding hydrogens is 310 g/mol. The van der Waals surface area contributed by atoms with E-state index in [4.69, 9.17) is 9.84 Å². The fraction of sp³-hybridized carbons (Fsp3) is 0.333. The van der Waals surface area contributed by atoms with E-state index in [-0.39, 0.29) is 0 Å². The predicted molar refractivity (Wildman–Crippen MR) is 87.6 cm³/mol. The van der Waals surface area contributed by atoms with Crippen molar-refractivity contribution in [3.8, 4) is 11.5 Å². The molecule has 1 aromatic carbocycles. The highest BCUT2D eigenvalue weighted by molar-refractivity contribution is 5.87. The Morgan fingerprint density at radius 3 is 2.46 bits per heavy atom. The molecule has 1 fully saturated rings. The van der Waals surface area contributed by atoms with Crippen molar-refractivity contribution in [2.75, 3.05) is 0 Å². The highest BCUT2D eigenvalue weighted by Crippen LogP contribution is 2.36. The molecule has 126 valence electrons. The van der Waals surface area contributed by atoms with Gasteiger partial charge in [-0.3, -0.25) is 4.79 Å². The maximum atomic E-state index is 11.7. The van der Waals surface area contributed by atoms with Gasteiger partial charge in [0, 0.05) is 12.4 Å². The first-order valence-corrected chi connectivity index (χ1v) is 7.90. The third-order valence-electron chi connectivity index (χ3n) is 4.35. The maximum absolute atomic E-state index is 11.7. The normalized spacial score (nSPS) is 16.0. The number of carbonyl (C=O) groups is 1. The molecule has 6 nitrogen and oxygen atoms in total. The Labute approximate surface area is 138 Å². The SMILES string of the molecule is O=C(O)c1cn(CC2(Oc3ccccc3)CCCC2)cc(O)c1=O. The topological polar surface area (TPSA) is 88.8 Å². The molecule has 2 N–H and O–H groups in total. The van der Waals surface area contributed by atoms with Crippen molar-refractivity contribution in [2.45, 2.75) is 37.8 Å². The first kappa shape index (κ1) is 16.1. The fourth-order valence-electron chi connectivity index (χ4n) is 3.24. The Bertz CT molecular complexity index is 791. The molecule has 2 aromatic rings. The van der Waals surface area contributed by atoms with Gasteiger partial charge in [-0.1, -0.05) is 18.2 Å². The lowest BCUT2D eigenvalue weighted by Gasteiger charge is -2.31. The average molecular weight is 329 g/mol. The minimum absolute atomic E-state index is 0.371. The van der Waals surface area contributed by atoms with Crippen LogP contribution >= 0.6 is 0 Å². The summed E-state index contributed by atoms with van der Waals surface area (Å²) in [6.07, 6.45) is 6.23. The van der Waals surface area contributed by atoms with Crippen LogP contribution in [-0.2, 0) is 6.54 Å². The van der Waals surface area contributed by atoms with Crippen molar-refractivity contribution in [1.82, 2.24) is 4.57 Å². The molecule has 0 atom stereocenters. The number of hydrogen-bond donors (Lipinski definition) is 2. The molecule has 1 aliphatic rings. The molecule has 24 heavy (non-hydrogen) atoms. The van der Waals surface area contributed by atoms with Crippen molar-refractivity contribution < 1.29 is 19.7 Å². The van der Waals surface area contributed by atoms with Crippen LogP contribution in [0.2, 0.25) is 0 Å². The molecule has 0 bridgehead atoms. The summed E-state index contributed by atoms with van der Waals surface area (Å²) in [4.78, 5) is 22.9. The second-order valence-electron chi connectivity index (χ2n) is 6.17. The fourth-order valence-corrected chi connectivity index (χ4v) is 3.24. The van der Waals surface area contributed by atoms with E-state index in [0.29, 0.717) is 6.54 Å². The van der Waals surface area contributed by atoms with E-state index in [1.165, 1.54) is 17.0 Å². The van der Waals surface area contributed by atoms with Crippen molar-refractivity contribution in [3.63, 3.8) is 0 Å². The first-order chi connectivity index (χ1) is 11.5. The van der Waals surface area contributed by atoms with Crippen LogP contribution < -0.4 is 10.2 Å². The lowest BCUT2D eigenvalue weighted by Crippen LogP contribution is -2.38. The van der Waals surface area contributed by atoms with Gasteiger partial charge in [0.2, 0.25) is 5.43 Å². The van der Waals surface area contributed by atoms with Crippen LogP contribution in [0.4, 0.5) is 0 Å². The molecule has 0 amide bonds. The number of para-hydroxylation sites is 1. The van der Waals surface area contributed by atoms with Gasteiger partial charge in [0.25, 0.3) is 0 Å². The Morgan fingerprint density at radius 1 is 1.17 bits per heavy atom. The number of benzene rings is 1. The van der Waals surface area contributed by atoms with Crippen LogP contribution in [0.25, 0.3) is 0 Å². The van der Waals surface area contributed by atoms with Crippen LogP contribution in [0.5, 0.6) is 11.5 Å². The van der Waals surface area contributed by atoms with Gasteiger partial charge in [0.05, 0.1) is 6.54 Å². The van der Waals surface area contributed by atoms with Crippen molar-refractivity contribution in [3.05, 3.63) is 58.5 Å². The first-order valence-electron chi connectivity index (χ1n) is 7.90. The number of aromatic nitrogens is 1. The summed E-state index contributed by atoms with van der Waals surface area (Å²) < 4.78 is 7.75. The number of pyridine rings is 1. The van der Waals surface area contributed by atoms with Gasteiger partial charge in [0.1, 0.15) is 16.9 Å². The minimum Gasteiger partial charge on any atom is -0.503 e. The van der Waals surface area contributed by atoms with Gasteiger partial charge in [-0.2, -0.15) is 0 Å². The monoisotopic (exact) mass is 329 g/mol. The zero-order valence-corrected chi connectivity index (χ0v) is 13.1. The summed E-state index contributed by atoms with van der Waals surface area (Å²) in [5.74, 6) is -1.17. The van der Waals surface area contributed by atoms with E-state index < -0.39 is 28.3 Å². The molecule has 1 aliphatic carbocycles. The van der Waals surface area contributed by atoms with Crippen LogP contribution in [0.15, 0.2) is 47.5 Å². The second kappa shape index (κ2) is 6.39. The third-order valence-corrected chi connectivity index (χ3v) is 4.35. The molecule has 6 heteroatoms. The molecule has 1 saturated carbocycles. The summed E-state index contributed by atoms with van der Waals surface area (Å²) in [6.45, 7) is 0.371. The third kappa shape index (κ3) is 3.27. The van der Waals surface area contributed by atoms with Gasteiger partial charge in [-0.05, 0) is 37.8 Å². The van der Waals surface area contributed by atoms with E-state index in [1.807, 2.05) is 30.3 Å². The quantitative estimate of drug-likeness (QED) is 0.880. The molecule has 0 aliphatic heterocycles. The molecule has 3 rings (SSSR count). The number of aromatic carboxylic acids is 1. The maximum Gasteiger partial charge on any atom is 0.341 e. The summed E-state index contributed by atoms with van der Waals surface area (Å²) in [5, 5.41) is 18.9. The van der Waals surface area contributed by atoms with Crippen molar-refractivity contribution in [2.24, 2.45) is 0 Å². The molecule has 0 unspecified atom stereocenters. The van der Waals surface area contributed by atoms with E-state index in [0.717, 1.165) is 31.4 Å². The average Bonchev–Trinajstić information content (AvgIpc) is 2.99. The zero-order chi connectivity index (χ0) is 17.2. The largest absolute Gasteiger partial charge is 0.503 e. The molecule has 0 radical (unpaired) electrons. The summed E-state index contributed by atoms with van der Waals surface area (Å²) in [6, 6.07) is 9.46. The van der Waals surface area contributed by atoms with Crippen LogP contribution in [0, 0.1) is 0 Å². The number of carboxylic acid groups (broad SMARTS) is 1. The molecule has 1 aromatic heterocycles. The Hall–Kier alpha value is -2.76. The van der Waals surface area contributed by atoms with E-state index in [2.05, 4.69) is 0 Å². The minimum atomic E-state index is -1.35. The molecule has 0 spiro atoms. The van der Waals surface area contributed by atoms with Gasteiger partial charge in [-0.25, -0.2) is 4.79 Å². The summed E-state index contributed by atoms with van der Waals surface area (Å²) in [7, 11) is 0. The van der Waals surface area contributed by atoms with E-state index in [1.54, 1.807) is 0 Å². The van der Waals surface area contributed by atoms with E-state index in [9.17, 15) is 14.7 Å². The standard InChI is InChI=1S/C18H19NO5/c20-15-11-19(10-14(16(15)21)17(22)23)12-18(8-4-5-9-18)24-13-6-2-1-3-7-13/h1-3,6-7,10-11,20H,4-5,8-9,12H2,(H,22,23). The Balaban J connectivity index is 1.92. The van der Waals surface area contributed by atoms with Gasteiger partial charge in [-0.15, -0.1) is 0 Å². The highest BCUT2D eigenvalue weighted by atomic mass is 16.5. The second-order valence-corrected chi connectivity index (χ2v) is 6.17. The summed E-state index contributed by atoms with van der Waals surface area (Å²) >= 11 is 0. The van der Waals surface area contributed by atoms with Crippen LogP contribution in [0.1, 0.15) is 36.0 Å². The molecular formula is C18H19NO5. The Morgan fingerprint density at radius 2 is 1.83 bits per heavy atom. The van der Waals surface area contributed by atoms with Crippen molar-refractivity contribution in [1.29, 1.82) is 0 Å². The van der Waals surface area contributed by atoms with Crippen LogP contribution in [0.3, 0.4) is 0 Å². The van der Waals surface area contributed by atoms with Gasteiger partial charge in [0.15, 0.2) is 5.75 Å². The Kier molecular flexibility index (Phi) is 4.29. The predicted octanol–water partition coefficient (Wildman–Crippen LogP) is 2.64. The number of hydrogen-bond acceptors (Lipinski definition) is 4. The highest BCUT2D eigenvalue weighted by Gasteiger charge is 2.36. The zero-order valence-electron chi connectivity index (χ0n) is 13.1. The number of nitrogens with zero attached hydrogens (tertiary/aromatic N) is 1. The number of rotatable bonds is 5. The lowest BCUT2D eigenvalue weighted by atomic mass is 10.0. The van der Waals surface area contributed by atoms with E-state index >= 15 is 0 Å². The van der Waals surface area contributed by atoms with Gasteiger partial charge < -0.3 is 19.5 Å². The van der Waals surface area contributed by atoms with Crippen molar-refractivity contribution >= 4 is 5.97 Å². The number of ether oxygens (including phenoxy) is 1. The molecule has 0 saturated heterocycles. The number of aromatic hydroxyl groups is 1. The van der Waals surface area contributed by atoms with Crippen LogP contribution in [-0.4, -0.2) is 26.4 Å². The van der Waals surface area contributed by atoms with Gasteiger partial charge >= 0.3 is 5.97 Å². The lowest BCUT2D eigenvalue weighted by molar-refractivity contribution is 0.0562.